The molecule has 0 atom stereocenters. The minimum atomic E-state index is -0.460. The molecule has 1 N–H and O–H groups in total. The lowest BCUT2D eigenvalue weighted by molar-refractivity contribution is -0.147. The summed E-state index contributed by atoms with van der Waals surface area (Å²) in [5, 5.41) is 7.75. The van der Waals surface area contributed by atoms with Gasteiger partial charge in [-0.15, -0.1) is 5.10 Å². The lowest BCUT2D eigenvalue weighted by atomic mass is 10.1. The van der Waals surface area contributed by atoms with Crippen LogP contribution in [0.1, 0.15) is 29.8 Å². The Morgan fingerprint density at radius 3 is 2.75 bits per heavy atom. The fourth-order valence-electron chi connectivity index (χ4n) is 2.37. The molecular weight excluding hydrogens is 330 g/mol. The third-order valence-electron chi connectivity index (χ3n) is 3.84. The molecule has 1 aliphatic carbocycles. The molecule has 0 spiro atoms. The molecule has 2 aromatic rings. The third-order valence-corrected chi connectivity index (χ3v) is 4.38. The van der Waals surface area contributed by atoms with E-state index in [1.165, 1.54) is 11.8 Å². The van der Waals surface area contributed by atoms with Crippen LogP contribution in [-0.4, -0.2) is 50.4 Å². The molecule has 0 unspecified atom stereocenters. The van der Waals surface area contributed by atoms with Crippen molar-refractivity contribution < 1.29 is 14.3 Å². The van der Waals surface area contributed by atoms with Crippen molar-refractivity contribution >= 4 is 29.4 Å². The van der Waals surface area contributed by atoms with Gasteiger partial charge in [0.25, 0.3) is 11.7 Å². The number of amides is 1. The molecule has 1 saturated carbocycles. The van der Waals surface area contributed by atoms with E-state index in [-0.39, 0.29) is 25.0 Å². The maximum atomic E-state index is 12.0. The van der Waals surface area contributed by atoms with Crippen molar-refractivity contribution in [3.63, 3.8) is 0 Å². The van der Waals surface area contributed by atoms with Crippen LogP contribution in [0.3, 0.4) is 0 Å². The van der Waals surface area contributed by atoms with Gasteiger partial charge in [0.2, 0.25) is 5.16 Å². The van der Waals surface area contributed by atoms with Crippen LogP contribution < -0.4 is 5.32 Å². The first-order valence-electron chi connectivity index (χ1n) is 7.69. The Balaban J connectivity index is 1.69. The smallest absolute Gasteiger partial charge is 0.310 e. The lowest BCUT2D eigenvalue weighted by Gasteiger charge is -2.10. The second-order valence-corrected chi connectivity index (χ2v) is 6.52. The Labute approximate surface area is 143 Å². The van der Waals surface area contributed by atoms with Crippen LogP contribution in [0.5, 0.6) is 0 Å². The van der Waals surface area contributed by atoms with Crippen LogP contribution in [0.4, 0.5) is 0 Å². The number of esters is 1. The molecule has 128 valence electrons. The summed E-state index contributed by atoms with van der Waals surface area (Å²) in [5.74, 6) is -0.206. The lowest BCUT2D eigenvalue weighted by Crippen LogP contribution is -2.30. The first-order valence-corrected chi connectivity index (χ1v) is 8.92. The number of rotatable bonds is 6. The van der Waals surface area contributed by atoms with E-state index in [2.05, 4.69) is 20.4 Å². The highest BCUT2D eigenvalue weighted by molar-refractivity contribution is 7.98. The molecule has 0 saturated heterocycles. The molecule has 0 bridgehead atoms. The minimum absolute atomic E-state index is 0.0474. The van der Waals surface area contributed by atoms with Crippen molar-refractivity contribution in [2.75, 3.05) is 12.9 Å². The zero-order valence-electron chi connectivity index (χ0n) is 13.8. The first-order chi connectivity index (χ1) is 11.5. The monoisotopic (exact) mass is 349 g/mol. The average molecular weight is 349 g/mol. The van der Waals surface area contributed by atoms with Gasteiger partial charge in [-0.05, 0) is 32.9 Å². The van der Waals surface area contributed by atoms with Crippen LogP contribution in [0, 0.1) is 13.8 Å². The molecule has 3 rings (SSSR count). The van der Waals surface area contributed by atoms with Gasteiger partial charge in [0.15, 0.2) is 6.61 Å². The first kappa shape index (κ1) is 16.7. The standard InChI is InChI=1S/C15H19N5O3S/c1-8-11(6-13(22)23-7-12(21)17-10-4-5-10)9(2)20-14(16-8)18-15(19-20)24-3/h10H,4-7H2,1-3H3,(H,17,21). The molecular formula is C15H19N5O3S. The molecule has 0 aromatic carbocycles. The zero-order chi connectivity index (χ0) is 17.3. The van der Waals surface area contributed by atoms with Gasteiger partial charge in [0, 0.05) is 23.0 Å². The van der Waals surface area contributed by atoms with Crippen LogP contribution in [0.25, 0.3) is 5.78 Å². The fraction of sp³-hybridized carbons (Fsp3) is 0.533. The second kappa shape index (κ2) is 6.76. The van der Waals surface area contributed by atoms with Crippen LogP contribution in [0.2, 0.25) is 0 Å². The van der Waals surface area contributed by atoms with E-state index in [9.17, 15) is 9.59 Å². The van der Waals surface area contributed by atoms with Gasteiger partial charge in [-0.1, -0.05) is 11.8 Å². The van der Waals surface area contributed by atoms with Crippen LogP contribution in [0.15, 0.2) is 5.16 Å². The Bertz CT molecular complexity index is 800. The SMILES string of the molecule is CSc1nc2nc(C)c(CC(=O)OCC(=O)NC3CC3)c(C)n2n1. The van der Waals surface area contributed by atoms with Gasteiger partial charge in [0.05, 0.1) is 6.42 Å². The Morgan fingerprint density at radius 2 is 2.08 bits per heavy atom. The van der Waals surface area contributed by atoms with Crippen molar-refractivity contribution in [2.45, 2.75) is 44.3 Å². The molecule has 1 aliphatic rings. The number of carbonyl (C=O) groups excluding carboxylic acids is 2. The number of hydrogen-bond acceptors (Lipinski definition) is 7. The van der Waals surface area contributed by atoms with E-state index in [0.29, 0.717) is 16.6 Å². The number of fused-ring (bicyclic) bond motifs is 1. The summed E-state index contributed by atoms with van der Waals surface area (Å²) in [5.41, 5.74) is 2.25. The Hall–Kier alpha value is -2.16. The number of hydrogen-bond donors (Lipinski definition) is 1. The second-order valence-electron chi connectivity index (χ2n) is 5.75. The van der Waals surface area contributed by atoms with Crippen molar-refractivity contribution in [1.29, 1.82) is 0 Å². The molecule has 0 radical (unpaired) electrons. The number of carbonyl (C=O) groups is 2. The van der Waals surface area contributed by atoms with E-state index in [0.717, 1.165) is 24.1 Å². The average Bonchev–Trinajstić information content (AvgIpc) is 3.26. The maximum Gasteiger partial charge on any atom is 0.310 e. The van der Waals surface area contributed by atoms with Crippen molar-refractivity contribution in [2.24, 2.45) is 0 Å². The fourth-order valence-corrected chi connectivity index (χ4v) is 2.71. The van der Waals surface area contributed by atoms with Crippen LogP contribution >= 0.6 is 11.8 Å². The van der Waals surface area contributed by atoms with Crippen molar-refractivity contribution in [3.05, 3.63) is 17.0 Å². The molecule has 8 nitrogen and oxygen atoms in total. The highest BCUT2D eigenvalue weighted by atomic mass is 32.2. The van der Waals surface area contributed by atoms with Crippen LogP contribution in [-0.2, 0) is 20.7 Å². The highest BCUT2D eigenvalue weighted by Gasteiger charge is 2.24. The topological polar surface area (TPSA) is 98.5 Å². The van der Waals surface area contributed by atoms with E-state index in [1.54, 1.807) is 4.52 Å². The Morgan fingerprint density at radius 1 is 1.33 bits per heavy atom. The number of aromatic nitrogens is 4. The van der Waals surface area contributed by atoms with E-state index >= 15 is 0 Å². The van der Waals surface area contributed by atoms with Crippen molar-refractivity contribution in [1.82, 2.24) is 24.9 Å². The van der Waals surface area contributed by atoms with E-state index < -0.39 is 5.97 Å². The predicted molar refractivity (Wildman–Crippen MR) is 87.9 cm³/mol. The zero-order valence-corrected chi connectivity index (χ0v) is 14.6. The summed E-state index contributed by atoms with van der Waals surface area (Å²) in [7, 11) is 0. The number of aryl methyl sites for hydroxylation is 2. The quantitative estimate of drug-likeness (QED) is 0.609. The number of ether oxygens (including phenoxy) is 1. The summed E-state index contributed by atoms with van der Waals surface area (Å²) in [4.78, 5) is 32.3. The maximum absolute atomic E-state index is 12.0. The molecule has 0 aliphatic heterocycles. The molecule has 2 aromatic heterocycles. The van der Waals surface area contributed by atoms with Crippen molar-refractivity contribution in [3.8, 4) is 0 Å². The van der Waals surface area contributed by atoms with Gasteiger partial charge in [-0.3, -0.25) is 9.59 Å². The number of thioether (sulfide) groups is 1. The Kier molecular flexibility index (Phi) is 4.70. The summed E-state index contributed by atoms with van der Waals surface area (Å²) in [6, 6.07) is 0.255. The van der Waals surface area contributed by atoms with E-state index in [4.69, 9.17) is 4.74 Å². The number of nitrogens with zero attached hydrogens (tertiary/aromatic N) is 4. The summed E-state index contributed by atoms with van der Waals surface area (Å²) in [6.45, 7) is 3.44. The van der Waals surface area contributed by atoms with Gasteiger partial charge >= 0.3 is 5.97 Å². The normalized spacial score (nSPS) is 14.0. The molecule has 9 heteroatoms. The molecule has 1 fully saturated rings. The van der Waals surface area contributed by atoms with Gasteiger partial charge in [-0.25, -0.2) is 9.50 Å². The number of nitrogens with one attached hydrogen (secondary N) is 1. The summed E-state index contributed by atoms with van der Waals surface area (Å²) >= 11 is 1.43. The molecule has 1 amide bonds. The van der Waals surface area contributed by atoms with Gasteiger partial charge in [-0.2, -0.15) is 4.98 Å². The predicted octanol–water partition coefficient (Wildman–Crippen LogP) is 0.827. The highest BCUT2D eigenvalue weighted by Crippen LogP contribution is 2.19. The minimum Gasteiger partial charge on any atom is -0.455 e. The van der Waals surface area contributed by atoms with E-state index in [1.807, 2.05) is 20.1 Å². The summed E-state index contributed by atoms with van der Waals surface area (Å²) in [6.07, 6.45) is 3.94. The molecule has 24 heavy (non-hydrogen) atoms. The van der Waals surface area contributed by atoms with Gasteiger partial charge < -0.3 is 10.1 Å². The molecule has 2 heterocycles. The third kappa shape index (κ3) is 3.66. The summed E-state index contributed by atoms with van der Waals surface area (Å²) < 4.78 is 6.68. The van der Waals surface area contributed by atoms with Gasteiger partial charge in [0.1, 0.15) is 0 Å². The largest absolute Gasteiger partial charge is 0.455 e.